The quantitative estimate of drug-likeness (QED) is 0.903. The normalized spacial score (nSPS) is 24.9. The van der Waals surface area contributed by atoms with Gasteiger partial charge in [-0.2, -0.15) is 0 Å². The summed E-state index contributed by atoms with van der Waals surface area (Å²) in [5.74, 6) is 1.00. The molecule has 0 unspecified atom stereocenters. The minimum absolute atomic E-state index is 0.629. The molecular weight excluding hydrogens is 248 g/mol. The average molecular weight is 266 g/mol. The molecule has 0 amide bonds. The highest BCUT2D eigenvalue weighted by Crippen LogP contribution is 2.24. The van der Waals surface area contributed by atoms with Gasteiger partial charge in [0.25, 0.3) is 0 Å². The fraction of sp³-hybridized carbons (Fsp3) is 0.375. The van der Waals surface area contributed by atoms with E-state index in [0.717, 1.165) is 30.2 Å². The summed E-state index contributed by atoms with van der Waals surface area (Å²) in [4.78, 5) is 2.36. The third kappa shape index (κ3) is 2.16. The Morgan fingerprint density at radius 1 is 0.900 bits per heavy atom. The second kappa shape index (κ2) is 4.87. The molecule has 0 saturated carbocycles. The maximum atomic E-state index is 4.42. The Labute approximate surface area is 118 Å². The van der Waals surface area contributed by atoms with Gasteiger partial charge in [-0.3, -0.25) is 0 Å². The van der Waals surface area contributed by atoms with Gasteiger partial charge < -0.3 is 10.2 Å². The fourth-order valence-electron chi connectivity index (χ4n) is 3.24. The highest BCUT2D eigenvalue weighted by Gasteiger charge is 2.32. The Morgan fingerprint density at radius 2 is 1.65 bits per heavy atom. The number of hydrogen-bond donors (Lipinski definition) is 1. The number of anilines is 1. The molecule has 102 valence electrons. The number of fused-ring (bicyclic) bond motifs is 2. The van der Waals surface area contributed by atoms with E-state index in [2.05, 4.69) is 44.7 Å². The zero-order valence-corrected chi connectivity index (χ0v) is 11.4. The molecule has 20 heavy (non-hydrogen) atoms. The number of rotatable bonds is 2. The molecule has 4 heteroatoms. The van der Waals surface area contributed by atoms with Crippen molar-refractivity contribution < 1.29 is 0 Å². The molecule has 1 aromatic carbocycles. The van der Waals surface area contributed by atoms with Crippen LogP contribution in [0, 0.1) is 0 Å². The molecule has 1 N–H and O–H groups in total. The lowest BCUT2D eigenvalue weighted by Crippen LogP contribution is -2.51. The molecule has 2 aliphatic rings. The molecule has 2 atom stereocenters. The molecule has 1 aromatic heterocycles. The lowest BCUT2D eigenvalue weighted by atomic mass is 10.1. The maximum Gasteiger partial charge on any atom is 0.151 e. The van der Waals surface area contributed by atoms with Crippen molar-refractivity contribution in [1.82, 2.24) is 15.5 Å². The van der Waals surface area contributed by atoms with E-state index in [1.54, 1.807) is 0 Å². The minimum Gasteiger partial charge on any atom is -0.352 e. The predicted octanol–water partition coefficient (Wildman–Crippen LogP) is 2.08. The smallest absolute Gasteiger partial charge is 0.151 e. The Bertz CT molecular complexity index is 569. The van der Waals surface area contributed by atoms with Gasteiger partial charge in [-0.25, -0.2) is 0 Å². The molecule has 0 radical (unpaired) electrons. The first-order chi connectivity index (χ1) is 9.88. The van der Waals surface area contributed by atoms with Crippen LogP contribution in [0.4, 0.5) is 5.82 Å². The Morgan fingerprint density at radius 3 is 2.30 bits per heavy atom. The topological polar surface area (TPSA) is 41.0 Å². The van der Waals surface area contributed by atoms with E-state index in [0.29, 0.717) is 12.1 Å². The first kappa shape index (κ1) is 11.9. The second-order valence-corrected chi connectivity index (χ2v) is 5.69. The summed E-state index contributed by atoms with van der Waals surface area (Å²) in [7, 11) is 0. The van der Waals surface area contributed by atoms with Gasteiger partial charge in [0.1, 0.15) is 0 Å². The molecule has 2 aliphatic heterocycles. The van der Waals surface area contributed by atoms with Gasteiger partial charge in [0, 0.05) is 30.7 Å². The van der Waals surface area contributed by atoms with Crippen molar-refractivity contribution in [1.29, 1.82) is 0 Å². The van der Waals surface area contributed by atoms with Crippen molar-refractivity contribution in [3.05, 3.63) is 42.5 Å². The Kier molecular flexibility index (Phi) is 2.89. The fourth-order valence-corrected chi connectivity index (χ4v) is 3.24. The summed E-state index contributed by atoms with van der Waals surface area (Å²) < 4.78 is 0. The van der Waals surface area contributed by atoms with Crippen molar-refractivity contribution in [2.45, 2.75) is 24.9 Å². The van der Waals surface area contributed by atoms with E-state index < -0.39 is 0 Å². The summed E-state index contributed by atoms with van der Waals surface area (Å²) >= 11 is 0. The van der Waals surface area contributed by atoms with E-state index in [1.807, 2.05) is 18.2 Å². The number of nitrogens with one attached hydrogen (secondary N) is 1. The van der Waals surface area contributed by atoms with Crippen molar-refractivity contribution in [3.8, 4) is 11.3 Å². The molecular formula is C16H18N4. The van der Waals surface area contributed by atoms with Gasteiger partial charge >= 0.3 is 0 Å². The highest BCUT2D eigenvalue weighted by atomic mass is 15.3. The largest absolute Gasteiger partial charge is 0.352 e. The average Bonchev–Trinajstić information content (AvgIpc) is 2.87. The molecule has 0 spiro atoms. The molecule has 3 heterocycles. The van der Waals surface area contributed by atoms with E-state index in [9.17, 15) is 0 Å². The van der Waals surface area contributed by atoms with Crippen LogP contribution >= 0.6 is 0 Å². The minimum atomic E-state index is 0.629. The zero-order valence-electron chi connectivity index (χ0n) is 11.4. The van der Waals surface area contributed by atoms with E-state index in [1.165, 1.54) is 12.8 Å². The SMILES string of the molecule is c1ccc(-c2ccc(N3C[C@H]4CC[C@@H](C3)N4)nn2)cc1. The van der Waals surface area contributed by atoms with Crippen molar-refractivity contribution in [2.24, 2.45) is 0 Å². The van der Waals surface area contributed by atoms with Crippen LogP contribution in [-0.4, -0.2) is 35.4 Å². The summed E-state index contributed by atoms with van der Waals surface area (Å²) in [6.45, 7) is 2.10. The zero-order chi connectivity index (χ0) is 13.4. The van der Waals surface area contributed by atoms with Gasteiger partial charge in [0.15, 0.2) is 5.82 Å². The van der Waals surface area contributed by atoms with Gasteiger partial charge in [-0.15, -0.1) is 10.2 Å². The molecule has 2 fully saturated rings. The lowest BCUT2D eigenvalue weighted by molar-refractivity contribution is 0.462. The first-order valence-corrected chi connectivity index (χ1v) is 7.28. The molecule has 2 aromatic rings. The monoisotopic (exact) mass is 266 g/mol. The van der Waals surface area contributed by atoms with Gasteiger partial charge in [-0.1, -0.05) is 30.3 Å². The number of nitrogens with zero attached hydrogens (tertiary/aromatic N) is 3. The van der Waals surface area contributed by atoms with Crippen LogP contribution in [0.1, 0.15) is 12.8 Å². The highest BCUT2D eigenvalue weighted by molar-refractivity contribution is 5.59. The van der Waals surface area contributed by atoms with Gasteiger partial charge in [0.2, 0.25) is 0 Å². The molecule has 4 rings (SSSR count). The first-order valence-electron chi connectivity index (χ1n) is 7.28. The summed E-state index contributed by atoms with van der Waals surface area (Å²) in [6, 6.07) is 15.6. The summed E-state index contributed by atoms with van der Waals surface area (Å²) in [6.07, 6.45) is 2.58. The standard InChI is InChI=1S/C16H18N4/c1-2-4-12(5-3-1)15-8-9-16(19-18-15)20-10-13-6-7-14(11-20)17-13/h1-5,8-9,13-14,17H,6-7,10-11H2/t13-,14+. The molecule has 2 bridgehead atoms. The van der Waals surface area contributed by atoms with Crippen LogP contribution < -0.4 is 10.2 Å². The number of benzene rings is 1. The molecule has 2 saturated heterocycles. The van der Waals surface area contributed by atoms with E-state index in [-0.39, 0.29) is 0 Å². The van der Waals surface area contributed by atoms with Gasteiger partial charge in [0.05, 0.1) is 5.69 Å². The van der Waals surface area contributed by atoms with Crippen LogP contribution in [0.25, 0.3) is 11.3 Å². The van der Waals surface area contributed by atoms with Gasteiger partial charge in [-0.05, 0) is 25.0 Å². The molecule has 0 aliphatic carbocycles. The number of piperazine rings is 1. The number of hydrogen-bond acceptors (Lipinski definition) is 4. The maximum absolute atomic E-state index is 4.42. The van der Waals surface area contributed by atoms with E-state index in [4.69, 9.17) is 0 Å². The van der Waals surface area contributed by atoms with E-state index >= 15 is 0 Å². The lowest BCUT2D eigenvalue weighted by Gasteiger charge is -2.33. The van der Waals surface area contributed by atoms with Crippen molar-refractivity contribution in [2.75, 3.05) is 18.0 Å². The summed E-state index contributed by atoms with van der Waals surface area (Å²) in [5, 5.41) is 12.4. The molecule has 4 nitrogen and oxygen atoms in total. The Balaban J connectivity index is 1.56. The predicted molar refractivity (Wildman–Crippen MR) is 79.6 cm³/mol. The van der Waals surface area contributed by atoms with Crippen LogP contribution in [0.15, 0.2) is 42.5 Å². The Hall–Kier alpha value is -1.94. The van der Waals surface area contributed by atoms with Crippen LogP contribution in [0.5, 0.6) is 0 Å². The van der Waals surface area contributed by atoms with Crippen molar-refractivity contribution >= 4 is 5.82 Å². The third-order valence-corrected chi connectivity index (χ3v) is 4.26. The van der Waals surface area contributed by atoms with Crippen LogP contribution in [0.3, 0.4) is 0 Å². The summed E-state index contributed by atoms with van der Waals surface area (Å²) in [5.41, 5.74) is 2.05. The number of aromatic nitrogens is 2. The van der Waals surface area contributed by atoms with Crippen molar-refractivity contribution in [3.63, 3.8) is 0 Å². The second-order valence-electron chi connectivity index (χ2n) is 5.69. The van der Waals surface area contributed by atoms with Crippen LogP contribution in [-0.2, 0) is 0 Å². The van der Waals surface area contributed by atoms with Crippen LogP contribution in [0.2, 0.25) is 0 Å². The third-order valence-electron chi connectivity index (χ3n) is 4.26.